The van der Waals surface area contributed by atoms with Crippen LogP contribution in [0.1, 0.15) is 48.4 Å². The summed E-state index contributed by atoms with van der Waals surface area (Å²) in [5.74, 6) is -0.981. The Morgan fingerprint density at radius 3 is 2.65 bits per heavy atom. The number of benzene rings is 1. The molecule has 0 bridgehead atoms. The van der Waals surface area contributed by atoms with E-state index in [0.29, 0.717) is 19.7 Å². The number of carbonyl (C=O) groups is 2. The topological polar surface area (TPSA) is 76.1 Å². The van der Waals surface area contributed by atoms with Crippen molar-refractivity contribution in [2.45, 2.75) is 39.4 Å². The Balaban J connectivity index is 2.17. The van der Waals surface area contributed by atoms with Crippen LogP contribution in [0.2, 0.25) is 0 Å². The number of aromatic carboxylic acids is 1. The first-order valence-corrected chi connectivity index (χ1v) is 7.61. The van der Waals surface area contributed by atoms with E-state index in [1.165, 1.54) is 0 Å². The molecule has 1 fully saturated rings. The lowest BCUT2D eigenvalue weighted by Crippen LogP contribution is -2.44. The molecular formula is C17H23NO5. The smallest absolute Gasteiger partial charge is 0.410 e. The van der Waals surface area contributed by atoms with Gasteiger partial charge < -0.3 is 19.5 Å². The van der Waals surface area contributed by atoms with Crippen molar-refractivity contribution in [1.82, 2.24) is 4.90 Å². The van der Waals surface area contributed by atoms with Crippen LogP contribution in [0.3, 0.4) is 0 Å². The fraction of sp³-hybridized carbons (Fsp3) is 0.529. The van der Waals surface area contributed by atoms with Crippen LogP contribution in [0, 0.1) is 6.92 Å². The number of aryl methyl sites for hydroxylation is 1. The van der Waals surface area contributed by atoms with E-state index in [4.69, 9.17) is 14.6 Å². The largest absolute Gasteiger partial charge is 0.478 e. The first-order valence-electron chi connectivity index (χ1n) is 7.61. The Labute approximate surface area is 136 Å². The lowest BCUT2D eigenvalue weighted by Gasteiger charge is -2.35. The Morgan fingerprint density at radius 2 is 2.04 bits per heavy atom. The van der Waals surface area contributed by atoms with Gasteiger partial charge in [-0.05, 0) is 51.0 Å². The first kappa shape index (κ1) is 17.3. The highest BCUT2D eigenvalue weighted by Crippen LogP contribution is 2.27. The van der Waals surface area contributed by atoms with Gasteiger partial charge >= 0.3 is 12.1 Å². The first-order chi connectivity index (χ1) is 10.7. The number of carboxylic acid groups (broad SMARTS) is 1. The molecule has 1 unspecified atom stereocenters. The molecule has 1 amide bonds. The van der Waals surface area contributed by atoms with Gasteiger partial charge in [0.25, 0.3) is 0 Å². The molecule has 6 nitrogen and oxygen atoms in total. The predicted octanol–water partition coefficient (Wildman–Crippen LogP) is 3.00. The fourth-order valence-corrected chi connectivity index (χ4v) is 2.45. The Morgan fingerprint density at radius 1 is 1.35 bits per heavy atom. The van der Waals surface area contributed by atoms with Crippen molar-refractivity contribution in [2.75, 3.05) is 19.7 Å². The molecule has 126 valence electrons. The Kier molecular flexibility index (Phi) is 4.94. The van der Waals surface area contributed by atoms with Gasteiger partial charge in [-0.15, -0.1) is 0 Å². The van der Waals surface area contributed by atoms with Gasteiger partial charge in [-0.25, -0.2) is 9.59 Å². The van der Waals surface area contributed by atoms with Crippen LogP contribution in [0.5, 0.6) is 0 Å². The van der Waals surface area contributed by atoms with Crippen molar-refractivity contribution in [1.29, 1.82) is 0 Å². The minimum atomic E-state index is -0.981. The summed E-state index contributed by atoms with van der Waals surface area (Å²) in [6.07, 6.45) is -0.728. The normalized spacial score (nSPS) is 18.6. The number of hydrogen-bond acceptors (Lipinski definition) is 4. The summed E-state index contributed by atoms with van der Waals surface area (Å²) in [6.45, 7) is 8.56. The van der Waals surface area contributed by atoms with E-state index in [9.17, 15) is 9.59 Å². The third-order valence-electron chi connectivity index (χ3n) is 3.59. The Bertz CT molecular complexity index is 605. The molecule has 1 N–H and O–H groups in total. The van der Waals surface area contributed by atoms with Crippen molar-refractivity contribution in [3.05, 3.63) is 34.9 Å². The average molecular weight is 321 g/mol. The quantitative estimate of drug-likeness (QED) is 0.906. The number of morpholine rings is 1. The molecular weight excluding hydrogens is 298 g/mol. The zero-order valence-electron chi connectivity index (χ0n) is 14.0. The molecule has 0 spiro atoms. The molecule has 2 rings (SSSR count). The summed E-state index contributed by atoms with van der Waals surface area (Å²) >= 11 is 0. The van der Waals surface area contributed by atoms with Crippen molar-refractivity contribution in [2.24, 2.45) is 0 Å². The van der Waals surface area contributed by atoms with Crippen molar-refractivity contribution in [3.8, 4) is 0 Å². The average Bonchev–Trinajstić information content (AvgIpc) is 2.46. The fourth-order valence-electron chi connectivity index (χ4n) is 2.45. The van der Waals surface area contributed by atoms with Crippen molar-refractivity contribution < 1.29 is 24.2 Å². The molecule has 23 heavy (non-hydrogen) atoms. The highest BCUT2D eigenvalue weighted by molar-refractivity contribution is 5.88. The molecule has 1 aliphatic rings. The number of hydrogen-bond donors (Lipinski definition) is 1. The van der Waals surface area contributed by atoms with Gasteiger partial charge in [-0.1, -0.05) is 6.07 Å². The van der Waals surface area contributed by atoms with Gasteiger partial charge in [0.05, 0.1) is 18.7 Å². The summed E-state index contributed by atoms with van der Waals surface area (Å²) in [5, 5.41) is 9.14. The highest BCUT2D eigenvalue weighted by atomic mass is 16.6. The highest BCUT2D eigenvalue weighted by Gasteiger charge is 2.29. The van der Waals surface area contributed by atoms with Crippen molar-refractivity contribution >= 4 is 12.1 Å². The zero-order valence-corrected chi connectivity index (χ0v) is 14.0. The molecule has 0 radical (unpaired) electrons. The Hall–Kier alpha value is -2.08. The molecule has 0 aromatic heterocycles. The van der Waals surface area contributed by atoms with Crippen LogP contribution in [-0.4, -0.2) is 47.4 Å². The third kappa shape index (κ3) is 4.45. The van der Waals surface area contributed by atoms with E-state index < -0.39 is 11.6 Å². The van der Waals surface area contributed by atoms with Gasteiger partial charge in [0.1, 0.15) is 11.7 Å². The van der Waals surface area contributed by atoms with E-state index in [1.54, 1.807) is 23.1 Å². The number of carboxylic acids is 1. The maximum atomic E-state index is 12.2. The number of ether oxygens (including phenoxy) is 2. The summed E-state index contributed by atoms with van der Waals surface area (Å²) in [4.78, 5) is 25.0. The number of carbonyl (C=O) groups excluding carboxylic acids is 1. The summed E-state index contributed by atoms with van der Waals surface area (Å²) in [7, 11) is 0. The van der Waals surface area contributed by atoms with Gasteiger partial charge in [0, 0.05) is 6.54 Å². The van der Waals surface area contributed by atoms with E-state index >= 15 is 0 Å². The molecule has 0 saturated carbocycles. The number of rotatable bonds is 2. The lowest BCUT2D eigenvalue weighted by atomic mass is 9.99. The second kappa shape index (κ2) is 6.58. The van der Waals surface area contributed by atoms with Gasteiger partial charge in [-0.2, -0.15) is 0 Å². The number of amides is 1. The van der Waals surface area contributed by atoms with Gasteiger partial charge in [0.2, 0.25) is 0 Å². The summed E-state index contributed by atoms with van der Waals surface area (Å²) in [5.41, 5.74) is 1.39. The summed E-state index contributed by atoms with van der Waals surface area (Å²) in [6, 6.07) is 4.94. The van der Waals surface area contributed by atoms with Crippen LogP contribution < -0.4 is 0 Å². The summed E-state index contributed by atoms with van der Waals surface area (Å²) < 4.78 is 11.1. The third-order valence-corrected chi connectivity index (χ3v) is 3.59. The molecule has 1 saturated heterocycles. The maximum absolute atomic E-state index is 12.2. The monoisotopic (exact) mass is 321 g/mol. The van der Waals surface area contributed by atoms with E-state index in [1.807, 2.05) is 27.7 Å². The van der Waals surface area contributed by atoms with Gasteiger partial charge in [0.15, 0.2) is 0 Å². The number of nitrogens with zero attached hydrogens (tertiary/aromatic N) is 1. The molecule has 1 aromatic rings. The SMILES string of the molecule is Cc1ccc(C(=O)O)cc1C1CN(C(=O)OC(C)(C)C)CCO1. The van der Waals surface area contributed by atoms with E-state index in [-0.39, 0.29) is 17.8 Å². The zero-order chi connectivity index (χ0) is 17.2. The van der Waals surface area contributed by atoms with Gasteiger partial charge in [-0.3, -0.25) is 0 Å². The molecule has 1 atom stereocenters. The standard InChI is InChI=1S/C17H23NO5/c1-11-5-6-12(15(19)20)9-13(11)14-10-18(7-8-22-14)16(21)23-17(2,3)4/h5-6,9,14H,7-8,10H2,1-4H3,(H,19,20). The molecule has 0 aliphatic carbocycles. The van der Waals surface area contributed by atoms with Crippen molar-refractivity contribution in [3.63, 3.8) is 0 Å². The minimum absolute atomic E-state index is 0.212. The van der Waals surface area contributed by atoms with E-state index in [2.05, 4.69) is 0 Å². The maximum Gasteiger partial charge on any atom is 0.410 e. The minimum Gasteiger partial charge on any atom is -0.478 e. The molecule has 1 aromatic carbocycles. The van der Waals surface area contributed by atoms with E-state index in [0.717, 1.165) is 11.1 Å². The predicted molar refractivity (Wildman–Crippen MR) is 84.6 cm³/mol. The van der Waals surface area contributed by atoms with Crippen LogP contribution >= 0.6 is 0 Å². The second-order valence-corrected chi connectivity index (χ2v) is 6.66. The van der Waals surface area contributed by atoms with Crippen LogP contribution in [-0.2, 0) is 9.47 Å². The van der Waals surface area contributed by atoms with Crippen LogP contribution in [0.15, 0.2) is 18.2 Å². The lowest BCUT2D eigenvalue weighted by molar-refractivity contribution is -0.0435. The van der Waals surface area contributed by atoms with Crippen LogP contribution in [0.25, 0.3) is 0 Å². The molecule has 1 heterocycles. The molecule has 6 heteroatoms. The van der Waals surface area contributed by atoms with Crippen LogP contribution in [0.4, 0.5) is 4.79 Å². The molecule has 1 aliphatic heterocycles. The second-order valence-electron chi connectivity index (χ2n) is 6.66.